The summed E-state index contributed by atoms with van der Waals surface area (Å²) < 4.78 is 49.4. The third kappa shape index (κ3) is 3.18. The molecule has 0 aliphatic heterocycles. The van der Waals surface area contributed by atoms with E-state index in [2.05, 4.69) is 4.74 Å². The molecule has 7 nitrogen and oxygen atoms in total. The van der Waals surface area contributed by atoms with Gasteiger partial charge in [-0.3, -0.25) is 14.9 Å². The van der Waals surface area contributed by atoms with E-state index in [1.807, 2.05) is 5.32 Å². The molecule has 2 amide bonds. The first-order valence-electron chi connectivity index (χ1n) is 6.65. The Balaban J connectivity index is 2.48. The summed E-state index contributed by atoms with van der Waals surface area (Å²) in [7, 11) is 1.05. The van der Waals surface area contributed by atoms with E-state index in [0.29, 0.717) is 12.1 Å². The summed E-state index contributed by atoms with van der Waals surface area (Å²) in [6.45, 7) is 1.30. The summed E-state index contributed by atoms with van der Waals surface area (Å²) in [6, 6.07) is 1.25. The number of amides is 2. The second-order valence-electron chi connectivity index (χ2n) is 4.77. The first-order chi connectivity index (χ1) is 11.7. The van der Waals surface area contributed by atoms with Gasteiger partial charge in [0.15, 0.2) is 17.5 Å². The van der Waals surface area contributed by atoms with Gasteiger partial charge in [-0.05, 0) is 19.1 Å². The van der Waals surface area contributed by atoms with Crippen LogP contribution in [-0.2, 0) is 4.74 Å². The van der Waals surface area contributed by atoms with E-state index in [-0.39, 0.29) is 11.3 Å². The molecule has 0 unspecified atom stereocenters. The number of primary amides is 1. The normalized spacial score (nSPS) is 10.4. The average Bonchev–Trinajstić information content (AvgIpc) is 2.88. The summed E-state index contributed by atoms with van der Waals surface area (Å²) in [5, 5.41) is 1.99. The number of aryl methyl sites for hydroxylation is 1. The van der Waals surface area contributed by atoms with Gasteiger partial charge in [-0.2, -0.15) is 0 Å². The molecule has 1 heterocycles. The van der Waals surface area contributed by atoms with E-state index in [1.165, 1.54) is 6.92 Å². The van der Waals surface area contributed by atoms with Crippen LogP contribution in [0.25, 0.3) is 0 Å². The fourth-order valence-electron chi connectivity index (χ4n) is 2.09. The molecular formula is C15H11F3N2O5. The van der Waals surface area contributed by atoms with Gasteiger partial charge in [0.1, 0.15) is 16.9 Å². The van der Waals surface area contributed by atoms with Crippen molar-refractivity contribution in [2.24, 2.45) is 5.73 Å². The van der Waals surface area contributed by atoms with Crippen molar-refractivity contribution >= 4 is 23.7 Å². The third-order valence-corrected chi connectivity index (χ3v) is 3.23. The van der Waals surface area contributed by atoms with Crippen LogP contribution in [0.4, 0.5) is 19.1 Å². The van der Waals surface area contributed by atoms with Gasteiger partial charge in [-0.15, -0.1) is 0 Å². The van der Waals surface area contributed by atoms with Crippen molar-refractivity contribution in [1.82, 2.24) is 0 Å². The molecular weight excluding hydrogens is 345 g/mol. The Morgan fingerprint density at radius 3 is 2.32 bits per heavy atom. The number of rotatable bonds is 4. The summed E-state index contributed by atoms with van der Waals surface area (Å²) in [5.74, 6) is -9.02. The number of esters is 1. The van der Waals surface area contributed by atoms with Crippen LogP contribution in [0.3, 0.4) is 0 Å². The molecule has 2 aromatic rings. The Morgan fingerprint density at radius 1 is 1.12 bits per heavy atom. The number of furan rings is 1. The van der Waals surface area contributed by atoms with Gasteiger partial charge in [0.2, 0.25) is 5.88 Å². The number of nitrogens with one attached hydrogen (secondary N) is 1. The third-order valence-electron chi connectivity index (χ3n) is 3.23. The number of anilines is 1. The van der Waals surface area contributed by atoms with Gasteiger partial charge >= 0.3 is 5.97 Å². The van der Waals surface area contributed by atoms with E-state index in [1.54, 1.807) is 0 Å². The highest BCUT2D eigenvalue weighted by Gasteiger charge is 2.29. The maximum absolute atomic E-state index is 13.7. The van der Waals surface area contributed by atoms with E-state index < -0.39 is 52.2 Å². The SMILES string of the molecule is COC(=O)c1c(C)oc(NC(=O)c2ccc(F)c(F)c2F)c1C(N)=O. The molecule has 0 atom stereocenters. The van der Waals surface area contributed by atoms with Crippen molar-refractivity contribution in [1.29, 1.82) is 0 Å². The zero-order valence-corrected chi connectivity index (χ0v) is 12.9. The fraction of sp³-hybridized carbons (Fsp3) is 0.133. The maximum atomic E-state index is 13.7. The molecule has 0 spiro atoms. The van der Waals surface area contributed by atoms with Crippen LogP contribution in [0.2, 0.25) is 0 Å². The molecule has 3 N–H and O–H groups in total. The molecule has 0 saturated heterocycles. The van der Waals surface area contributed by atoms with Crippen LogP contribution >= 0.6 is 0 Å². The molecule has 0 aliphatic rings. The zero-order chi connectivity index (χ0) is 18.9. The van der Waals surface area contributed by atoms with Gasteiger partial charge in [0.05, 0.1) is 12.7 Å². The Bertz CT molecular complexity index is 892. The lowest BCUT2D eigenvalue weighted by molar-refractivity contribution is 0.0595. The van der Waals surface area contributed by atoms with Gasteiger partial charge in [0, 0.05) is 0 Å². The number of benzene rings is 1. The molecule has 0 radical (unpaired) electrons. The minimum Gasteiger partial charge on any atom is -0.465 e. The predicted octanol–water partition coefficient (Wildman–Crippen LogP) is 2.14. The summed E-state index contributed by atoms with van der Waals surface area (Å²) in [4.78, 5) is 35.4. The highest BCUT2D eigenvalue weighted by atomic mass is 19.2. The fourth-order valence-corrected chi connectivity index (χ4v) is 2.09. The predicted molar refractivity (Wildman–Crippen MR) is 77.6 cm³/mol. The number of carbonyl (C=O) groups excluding carboxylic acids is 3. The summed E-state index contributed by atoms with van der Waals surface area (Å²) in [5.41, 5.74) is 3.50. The lowest BCUT2D eigenvalue weighted by Crippen LogP contribution is -2.20. The van der Waals surface area contributed by atoms with Crippen molar-refractivity contribution in [2.45, 2.75) is 6.92 Å². The lowest BCUT2D eigenvalue weighted by Gasteiger charge is -2.06. The van der Waals surface area contributed by atoms with Crippen LogP contribution in [0, 0.1) is 24.4 Å². The van der Waals surface area contributed by atoms with Gasteiger partial charge in [0.25, 0.3) is 11.8 Å². The van der Waals surface area contributed by atoms with Crippen LogP contribution < -0.4 is 11.1 Å². The van der Waals surface area contributed by atoms with Gasteiger partial charge < -0.3 is 14.9 Å². The molecule has 25 heavy (non-hydrogen) atoms. The lowest BCUT2D eigenvalue weighted by atomic mass is 10.1. The standard InChI is InChI=1S/C15H11F3N2O5/c1-5-8(15(23)24-2)9(12(19)21)14(25-5)20-13(22)6-3-4-7(16)11(18)10(6)17/h3-4H,1-2H3,(H2,19,21)(H,20,22). The maximum Gasteiger partial charge on any atom is 0.342 e. The van der Waals surface area contributed by atoms with Gasteiger partial charge in [-0.25, -0.2) is 18.0 Å². The molecule has 1 aromatic carbocycles. The van der Waals surface area contributed by atoms with Crippen LogP contribution in [-0.4, -0.2) is 24.9 Å². The minimum absolute atomic E-state index is 0.0956. The average molecular weight is 356 g/mol. The Morgan fingerprint density at radius 2 is 1.76 bits per heavy atom. The second-order valence-corrected chi connectivity index (χ2v) is 4.77. The number of nitrogens with two attached hydrogens (primary N) is 1. The Hall–Kier alpha value is -3.30. The number of hydrogen-bond donors (Lipinski definition) is 2. The van der Waals surface area contributed by atoms with Crippen molar-refractivity contribution in [3.05, 3.63) is 52.0 Å². The summed E-state index contributed by atoms with van der Waals surface area (Å²) >= 11 is 0. The van der Waals surface area contributed by atoms with Crippen LogP contribution in [0.1, 0.15) is 36.8 Å². The number of ether oxygens (including phenoxy) is 1. The highest BCUT2D eigenvalue weighted by Crippen LogP contribution is 2.28. The molecule has 2 rings (SSSR count). The number of carbonyl (C=O) groups is 3. The molecule has 0 saturated carbocycles. The molecule has 1 aromatic heterocycles. The molecule has 0 fully saturated rings. The molecule has 132 valence electrons. The number of hydrogen-bond acceptors (Lipinski definition) is 5. The second kappa shape index (κ2) is 6.67. The largest absolute Gasteiger partial charge is 0.465 e. The first-order valence-corrected chi connectivity index (χ1v) is 6.65. The molecule has 0 bridgehead atoms. The molecule has 0 aliphatic carbocycles. The number of methoxy groups -OCH3 is 1. The Labute approximate surface area is 138 Å². The Kier molecular flexibility index (Phi) is 4.82. The van der Waals surface area contributed by atoms with Crippen LogP contribution in [0.15, 0.2) is 16.5 Å². The van der Waals surface area contributed by atoms with Crippen molar-refractivity contribution in [2.75, 3.05) is 12.4 Å². The monoisotopic (exact) mass is 356 g/mol. The van der Waals surface area contributed by atoms with Crippen molar-refractivity contribution in [3.63, 3.8) is 0 Å². The van der Waals surface area contributed by atoms with E-state index in [0.717, 1.165) is 7.11 Å². The van der Waals surface area contributed by atoms with Crippen molar-refractivity contribution < 1.29 is 36.7 Å². The quantitative estimate of drug-likeness (QED) is 0.644. The smallest absolute Gasteiger partial charge is 0.342 e. The van der Waals surface area contributed by atoms with Crippen LogP contribution in [0.5, 0.6) is 0 Å². The van der Waals surface area contributed by atoms with Gasteiger partial charge in [-0.1, -0.05) is 0 Å². The van der Waals surface area contributed by atoms with Crippen molar-refractivity contribution in [3.8, 4) is 0 Å². The van der Waals surface area contributed by atoms with E-state index in [9.17, 15) is 27.6 Å². The van der Waals surface area contributed by atoms with E-state index >= 15 is 0 Å². The topological polar surface area (TPSA) is 112 Å². The zero-order valence-electron chi connectivity index (χ0n) is 12.9. The summed E-state index contributed by atoms with van der Waals surface area (Å²) in [6.07, 6.45) is 0. The first kappa shape index (κ1) is 18.0. The minimum atomic E-state index is -1.84. The van der Waals surface area contributed by atoms with E-state index in [4.69, 9.17) is 10.2 Å². The highest BCUT2D eigenvalue weighted by molar-refractivity contribution is 6.12. The molecule has 10 heteroatoms. The number of halogens is 3.